The van der Waals surface area contributed by atoms with E-state index in [0.717, 1.165) is 6.42 Å². The summed E-state index contributed by atoms with van der Waals surface area (Å²) in [4.78, 5) is 11.2. The Hall–Kier alpha value is -0.410. The van der Waals surface area contributed by atoms with Gasteiger partial charge in [0.25, 0.3) is 0 Å². The Morgan fingerprint density at radius 2 is 2.50 bits per heavy atom. The van der Waals surface area contributed by atoms with Crippen LogP contribution >= 0.6 is 0 Å². The van der Waals surface area contributed by atoms with E-state index in [9.17, 15) is 4.79 Å². The first-order valence-corrected chi connectivity index (χ1v) is 4.48. The van der Waals surface area contributed by atoms with Crippen LogP contribution in [0.15, 0.2) is 0 Å². The summed E-state index contributed by atoms with van der Waals surface area (Å²) in [5.41, 5.74) is 0. The van der Waals surface area contributed by atoms with E-state index in [-0.39, 0.29) is 12.0 Å². The molecule has 0 amide bonds. The SMILES string of the molecule is CC(O)CCC1COCCC1=O. The molecule has 0 aromatic rings. The summed E-state index contributed by atoms with van der Waals surface area (Å²) in [5, 5.41) is 9.02. The second-order valence-electron chi connectivity index (χ2n) is 3.41. The first-order chi connectivity index (χ1) is 5.70. The van der Waals surface area contributed by atoms with Crippen LogP contribution < -0.4 is 0 Å². The van der Waals surface area contributed by atoms with Gasteiger partial charge in [-0.15, -0.1) is 0 Å². The number of aliphatic hydroxyl groups excluding tert-OH is 1. The summed E-state index contributed by atoms with van der Waals surface area (Å²) >= 11 is 0. The topological polar surface area (TPSA) is 46.5 Å². The first kappa shape index (κ1) is 9.68. The number of aliphatic hydroxyl groups is 1. The maximum absolute atomic E-state index is 11.2. The third-order valence-corrected chi connectivity index (χ3v) is 2.20. The number of Topliss-reactive ketones (excluding diaryl/α,β-unsaturated/α-hetero) is 1. The highest BCUT2D eigenvalue weighted by atomic mass is 16.5. The third kappa shape index (κ3) is 2.91. The van der Waals surface area contributed by atoms with E-state index in [1.54, 1.807) is 6.92 Å². The van der Waals surface area contributed by atoms with Gasteiger partial charge in [0.1, 0.15) is 5.78 Å². The predicted octanol–water partition coefficient (Wildman–Crippen LogP) is 0.753. The molecule has 0 bridgehead atoms. The monoisotopic (exact) mass is 172 g/mol. The molecule has 0 aliphatic carbocycles. The molecule has 1 aliphatic heterocycles. The minimum absolute atomic E-state index is 0.0355. The highest BCUT2D eigenvalue weighted by Crippen LogP contribution is 2.16. The number of hydrogen-bond donors (Lipinski definition) is 1. The summed E-state index contributed by atoms with van der Waals surface area (Å²) < 4.78 is 5.18. The summed E-state index contributed by atoms with van der Waals surface area (Å²) in [6, 6.07) is 0. The van der Waals surface area contributed by atoms with Gasteiger partial charge in [0, 0.05) is 12.3 Å². The first-order valence-electron chi connectivity index (χ1n) is 4.48. The lowest BCUT2D eigenvalue weighted by Gasteiger charge is -2.21. The molecule has 1 saturated heterocycles. The van der Waals surface area contributed by atoms with Gasteiger partial charge >= 0.3 is 0 Å². The molecule has 0 spiro atoms. The van der Waals surface area contributed by atoms with Gasteiger partial charge in [0.15, 0.2) is 0 Å². The average Bonchev–Trinajstić information content (AvgIpc) is 2.03. The quantitative estimate of drug-likeness (QED) is 0.683. The van der Waals surface area contributed by atoms with Crippen LogP contribution in [0.5, 0.6) is 0 Å². The number of hydrogen-bond acceptors (Lipinski definition) is 3. The van der Waals surface area contributed by atoms with Crippen molar-refractivity contribution in [2.45, 2.75) is 32.3 Å². The molecule has 70 valence electrons. The van der Waals surface area contributed by atoms with Crippen LogP contribution in [0.3, 0.4) is 0 Å². The number of carbonyl (C=O) groups is 1. The van der Waals surface area contributed by atoms with Gasteiger partial charge in [0.2, 0.25) is 0 Å². The summed E-state index contributed by atoms with van der Waals surface area (Å²) in [6.45, 7) is 2.86. The molecule has 3 nitrogen and oxygen atoms in total. The van der Waals surface area contributed by atoms with E-state index in [2.05, 4.69) is 0 Å². The number of rotatable bonds is 3. The standard InChI is InChI=1S/C9H16O3/c1-7(10)2-3-8-6-12-5-4-9(8)11/h7-8,10H,2-6H2,1H3. The second kappa shape index (κ2) is 4.58. The van der Waals surface area contributed by atoms with Crippen molar-refractivity contribution in [2.24, 2.45) is 5.92 Å². The second-order valence-corrected chi connectivity index (χ2v) is 3.41. The fourth-order valence-electron chi connectivity index (χ4n) is 1.38. The van der Waals surface area contributed by atoms with E-state index in [1.165, 1.54) is 0 Å². The lowest BCUT2D eigenvalue weighted by Crippen LogP contribution is -2.28. The van der Waals surface area contributed by atoms with Gasteiger partial charge in [-0.25, -0.2) is 0 Å². The number of carbonyl (C=O) groups excluding carboxylic acids is 1. The minimum atomic E-state index is -0.306. The van der Waals surface area contributed by atoms with Crippen molar-refractivity contribution in [1.29, 1.82) is 0 Å². The zero-order valence-electron chi connectivity index (χ0n) is 7.45. The molecular weight excluding hydrogens is 156 g/mol. The van der Waals surface area contributed by atoms with Crippen molar-refractivity contribution < 1.29 is 14.6 Å². The fourth-order valence-corrected chi connectivity index (χ4v) is 1.38. The van der Waals surface area contributed by atoms with Crippen LogP contribution in [0.2, 0.25) is 0 Å². The van der Waals surface area contributed by atoms with E-state index in [1.807, 2.05) is 0 Å². The van der Waals surface area contributed by atoms with E-state index < -0.39 is 0 Å². The summed E-state index contributed by atoms with van der Waals surface area (Å²) in [7, 11) is 0. The molecule has 1 rings (SSSR count). The van der Waals surface area contributed by atoms with Crippen molar-refractivity contribution in [2.75, 3.05) is 13.2 Å². The smallest absolute Gasteiger partial charge is 0.140 e. The molecule has 12 heavy (non-hydrogen) atoms. The Balaban J connectivity index is 2.25. The Morgan fingerprint density at radius 3 is 3.08 bits per heavy atom. The van der Waals surface area contributed by atoms with Crippen LogP contribution in [-0.4, -0.2) is 30.2 Å². The molecule has 2 atom stereocenters. The maximum atomic E-state index is 11.2. The van der Waals surface area contributed by atoms with Gasteiger partial charge in [-0.3, -0.25) is 4.79 Å². The van der Waals surface area contributed by atoms with E-state index in [0.29, 0.717) is 31.8 Å². The highest BCUT2D eigenvalue weighted by molar-refractivity contribution is 5.81. The van der Waals surface area contributed by atoms with Gasteiger partial charge in [-0.2, -0.15) is 0 Å². The zero-order valence-corrected chi connectivity index (χ0v) is 7.45. The lowest BCUT2D eigenvalue weighted by atomic mass is 9.94. The van der Waals surface area contributed by atoms with Crippen molar-refractivity contribution >= 4 is 5.78 Å². The van der Waals surface area contributed by atoms with Crippen LogP contribution in [-0.2, 0) is 9.53 Å². The van der Waals surface area contributed by atoms with Gasteiger partial charge in [-0.05, 0) is 19.8 Å². The molecule has 0 radical (unpaired) electrons. The van der Waals surface area contributed by atoms with Crippen molar-refractivity contribution in [3.63, 3.8) is 0 Å². The van der Waals surface area contributed by atoms with E-state index >= 15 is 0 Å². The van der Waals surface area contributed by atoms with Crippen LogP contribution in [0, 0.1) is 5.92 Å². The van der Waals surface area contributed by atoms with Crippen molar-refractivity contribution in [3.05, 3.63) is 0 Å². The average molecular weight is 172 g/mol. The Labute approximate surface area is 72.7 Å². The molecule has 1 N–H and O–H groups in total. The molecule has 1 heterocycles. The van der Waals surface area contributed by atoms with Gasteiger partial charge in [-0.1, -0.05) is 0 Å². The molecule has 2 unspecified atom stereocenters. The zero-order chi connectivity index (χ0) is 8.97. The summed E-state index contributed by atoms with van der Waals surface area (Å²) in [5.74, 6) is 0.329. The van der Waals surface area contributed by atoms with Crippen molar-refractivity contribution in [1.82, 2.24) is 0 Å². The lowest BCUT2D eigenvalue weighted by molar-refractivity contribution is -0.130. The summed E-state index contributed by atoms with van der Waals surface area (Å²) in [6.07, 6.45) is 1.69. The fraction of sp³-hybridized carbons (Fsp3) is 0.889. The maximum Gasteiger partial charge on any atom is 0.140 e. The number of ketones is 1. The van der Waals surface area contributed by atoms with Crippen LogP contribution in [0.1, 0.15) is 26.2 Å². The molecular formula is C9H16O3. The third-order valence-electron chi connectivity index (χ3n) is 2.20. The van der Waals surface area contributed by atoms with Crippen LogP contribution in [0.4, 0.5) is 0 Å². The van der Waals surface area contributed by atoms with Crippen LogP contribution in [0.25, 0.3) is 0 Å². The van der Waals surface area contributed by atoms with E-state index in [4.69, 9.17) is 9.84 Å². The number of ether oxygens (including phenoxy) is 1. The molecule has 3 heteroatoms. The predicted molar refractivity (Wildman–Crippen MR) is 44.8 cm³/mol. The Kier molecular flexibility index (Phi) is 3.69. The van der Waals surface area contributed by atoms with Gasteiger partial charge < -0.3 is 9.84 Å². The van der Waals surface area contributed by atoms with Crippen molar-refractivity contribution in [3.8, 4) is 0 Å². The Morgan fingerprint density at radius 1 is 1.75 bits per heavy atom. The molecule has 0 aromatic carbocycles. The largest absolute Gasteiger partial charge is 0.393 e. The minimum Gasteiger partial charge on any atom is -0.393 e. The normalized spacial score (nSPS) is 27.2. The Bertz CT molecular complexity index is 154. The molecule has 0 saturated carbocycles. The molecule has 0 aromatic heterocycles. The highest BCUT2D eigenvalue weighted by Gasteiger charge is 2.22. The molecule has 1 fully saturated rings. The molecule has 1 aliphatic rings. The van der Waals surface area contributed by atoms with Gasteiger partial charge in [0.05, 0.1) is 19.3 Å².